The van der Waals surface area contributed by atoms with Gasteiger partial charge in [-0.1, -0.05) is 96.7 Å². The fourth-order valence-electron chi connectivity index (χ4n) is 6.29. The summed E-state index contributed by atoms with van der Waals surface area (Å²) < 4.78 is 1.47. The zero-order chi connectivity index (χ0) is 28.2. The molecule has 0 radical (unpaired) electrons. The number of rotatable bonds is 2. The van der Waals surface area contributed by atoms with Crippen LogP contribution in [-0.4, -0.2) is 11.6 Å². The topological polar surface area (TPSA) is 86.2 Å². The van der Waals surface area contributed by atoms with Crippen LogP contribution in [0.2, 0.25) is 0 Å². The third-order valence-electron chi connectivity index (χ3n) is 8.09. The van der Waals surface area contributed by atoms with Gasteiger partial charge in [-0.15, -0.1) is 0 Å². The maximum atomic E-state index is 13.6. The number of nitrogen functional groups attached to an aromatic ring is 2. The highest BCUT2D eigenvalue weighted by molar-refractivity contribution is 9.11. The molecular formula is C34H18Br2N2O2S. The molecule has 196 valence electrons. The smallest absolute Gasteiger partial charge is 0.194 e. The van der Waals surface area contributed by atoms with E-state index in [-0.39, 0.29) is 11.6 Å². The van der Waals surface area contributed by atoms with Crippen LogP contribution in [0.1, 0.15) is 31.8 Å². The van der Waals surface area contributed by atoms with Crippen molar-refractivity contribution < 1.29 is 9.59 Å². The van der Waals surface area contributed by atoms with E-state index in [2.05, 4.69) is 31.9 Å². The van der Waals surface area contributed by atoms with Crippen molar-refractivity contribution in [1.82, 2.24) is 0 Å². The number of carbonyl (C=O) groups excluding carboxylic acids is 2. The van der Waals surface area contributed by atoms with Crippen molar-refractivity contribution in [2.24, 2.45) is 0 Å². The van der Waals surface area contributed by atoms with Gasteiger partial charge < -0.3 is 11.5 Å². The summed E-state index contributed by atoms with van der Waals surface area (Å²) in [7, 11) is 0. The third kappa shape index (κ3) is 3.22. The van der Waals surface area contributed by atoms with E-state index in [4.69, 9.17) is 11.5 Å². The van der Waals surface area contributed by atoms with Gasteiger partial charge in [0.05, 0.1) is 11.4 Å². The van der Waals surface area contributed by atoms with Gasteiger partial charge >= 0.3 is 0 Å². The van der Waals surface area contributed by atoms with Crippen molar-refractivity contribution in [3.63, 3.8) is 0 Å². The highest BCUT2D eigenvalue weighted by Crippen LogP contribution is 2.57. The number of fused-ring (bicyclic) bond motifs is 4. The molecule has 0 aromatic heterocycles. The van der Waals surface area contributed by atoms with E-state index in [1.54, 1.807) is 0 Å². The summed E-state index contributed by atoms with van der Waals surface area (Å²) in [5.41, 5.74) is 21.1. The van der Waals surface area contributed by atoms with Crippen molar-refractivity contribution in [1.29, 1.82) is 0 Å². The Balaban J connectivity index is 1.52. The minimum atomic E-state index is -0.00791. The number of hydrogen-bond acceptors (Lipinski definition) is 5. The lowest BCUT2D eigenvalue weighted by atomic mass is 9.82. The molecule has 4 N–H and O–H groups in total. The van der Waals surface area contributed by atoms with Gasteiger partial charge in [0.2, 0.25) is 0 Å². The van der Waals surface area contributed by atoms with E-state index in [0.717, 1.165) is 62.5 Å². The van der Waals surface area contributed by atoms with E-state index < -0.39 is 0 Å². The fourth-order valence-corrected chi connectivity index (χ4v) is 8.87. The van der Waals surface area contributed by atoms with Crippen molar-refractivity contribution in [2.45, 2.75) is 9.79 Å². The largest absolute Gasteiger partial charge is 0.397 e. The maximum Gasteiger partial charge on any atom is 0.194 e. The molecule has 7 heteroatoms. The predicted molar refractivity (Wildman–Crippen MR) is 174 cm³/mol. The first-order valence-corrected chi connectivity index (χ1v) is 15.3. The Bertz CT molecular complexity index is 2070. The van der Waals surface area contributed by atoms with Crippen LogP contribution >= 0.6 is 43.6 Å². The number of halogens is 2. The summed E-state index contributed by atoms with van der Waals surface area (Å²) in [6.07, 6.45) is 0. The first-order valence-electron chi connectivity index (χ1n) is 12.9. The molecule has 6 aromatic rings. The lowest BCUT2D eigenvalue weighted by Gasteiger charge is -2.27. The summed E-state index contributed by atoms with van der Waals surface area (Å²) in [4.78, 5) is 28.8. The number of benzene rings is 6. The summed E-state index contributed by atoms with van der Waals surface area (Å²) in [6, 6.07) is 26.8. The minimum Gasteiger partial charge on any atom is -0.397 e. The van der Waals surface area contributed by atoms with Crippen molar-refractivity contribution in [3.05, 3.63) is 116 Å². The Labute approximate surface area is 256 Å². The van der Waals surface area contributed by atoms with Crippen LogP contribution in [0.15, 0.2) is 104 Å². The first kappa shape index (κ1) is 24.9. The molecule has 4 nitrogen and oxygen atoms in total. The molecule has 0 fully saturated rings. The average molecular weight is 678 g/mol. The highest BCUT2D eigenvalue weighted by Gasteiger charge is 2.33. The molecule has 0 amide bonds. The summed E-state index contributed by atoms with van der Waals surface area (Å²) in [6.45, 7) is 0. The normalized spacial score (nSPS) is 13.0. The molecule has 0 heterocycles. The van der Waals surface area contributed by atoms with Crippen molar-refractivity contribution in [2.75, 3.05) is 11.5 Å². The van der Waals surface area contributed by atoms with Gasteiger partial charge in [-0.25, -0.2) is 0 Å². The first-order chi connectivity index (χ1) is 19.9. The Morgan fingerprint density at radius 1 is 0.488 bits per heavy atom. The second-order valence-corrected chi connectivity index (χ2v) is 12.8. The predicted octanol–water partition coefficient (Wildman–Crippen LogP) is 9.26. The minimum absolute atomic E-state index is 0.00791. The molecule has 0 atom stereocenters. The van der Waals surface area contributed by atoms with E-state index in [0.29, 0.717) is 33.6 Å². The standard InChI is InChI=1S/C34H18Br2N2O2S/c35-27-19-11-5-13-21-23(19)25(15-7-1-3-9-17(15)31(21)39)33(29(27)37)41-34-26-16-8-2-4-10-18(16)32(40)22-14-6-12-20(24(22)26)28(36)30(34)38/h1-14H,37-38H2. The van der Waals surface area contributed by atoms with Crippen LogP contribution in [0, 0.1) is 0 Å². The Kier molecular flexibility index (Phi) is 5.33. The Hall–Kier alpha value is -3.91. The number of carbonyl (C=O) groups is 2. The van der Waals surface area contributed by atoms with Crippen LogP contribution in [0.25, 0.3) is 43.8 Å². The van der Waals surface area contributed by atoms with Crippen LogP contribution in [-0.2, 0) is 0 Å². The highest BCUT2D eigenvalue weighted by atomic mass is 79.9. The molecule has 41 heavy (non-hydrogen) atoms. The fraction of sp³-hybridized carbons (Fsp3) is 0. The molecule has 8 rings (SSSR count). The van der Waals surface area contributed by atoms with E-state index >= 15 is 0 Å². The molecule has 0 saturated heterocycles. The molecule has 2 aliphatic carbocycles. The van der Waals surface area contributed by atoms with Crippen LogP contribution in [0.3, 0.4) is 0 Å². The monoisotopic (exact) mass is 676 g/mol. The second-order valence-electron chi connectivity index (χ2n) is 10.2. The molecule has 0 unspecified atom stereocenters. The van der Waals surface area contributed by atoms with Gasteiger partial charge in [0.15, 0.2) is 11.6 Å². The lowest BCUT2D eigenvalue weighted by molar-refractivity contribution is 0.103. The van der Waals surface area contributed by atoms with E-state index in [1.165, 1.54) is 11.8 Å². The molecule has 0 aliphatic heterocycles. The van der Waals surface area contributed by atoms with Crippen molar-refractivity contribution in [3.8, 4) is 22.3 Å². The number of nitrogens with two attached hydrogens (primary N) is 2. The molecular weight excluding hydrogens is 660 g/mol. The molecule has 0 spiro atoms. The Morgan fingerprint density at radius 3 is 1.27 bits per heavy atom. The van der Waals surface area contributed by atoms with Gasteiger partial charge in [-0.3, -0.25) is 9.59 Å². The number of ketones is 2. The SMILES string of the molecule is Nc1c(Sc2c(N)c(Br)c3cccc4c3c2-c2ccccc2C4=O)c2c3c(cccc3c1Br)C(=O)c1ccccc1-2. The van der Waals surface area contributed by atoms with Gasteiger partial charge in [0.1, 0.15) is 0 Å². The van der Waals surface area contributed by atoms with Crippen LogP contribution in [0.5, 0.6) is 0 Å². The zero-order valence-corrected chi connectivity index (χ0v) is 25.2. The molecule has 0 saturated carbocycles. The van der Waals surface area contributed by atoms with Crippen LogP contribution < -0.4 is 11.5 Å². The van der Waals surface area contributed by atoms with Crippen molar-refractivity contribution >= 4 is 88.1 Å². The summed E-state index contributed by atoms with van der Waals surface area (Å²) >= 11 is 9.00. The third-order valence-corrected chi connectivity index (χ3v) is 11.1. The lowest BCUT2D eigenvalue weighted by Crippen LogP contribution is -2.13. The summed E-state index contributed by atoms with van der Waals surface area (Å²) in [5.74, 6) is -0.0158. The maximum absolute atomic E-state index is 13.6. The van der Waals surface area contributed by atoms with E-state index in [1.807, 2.05) is 84.9 Å². The van der Waals surface area contributed by atoms with Gasteiger partial charge in [-0.2, -0.15) is 0 Å². The summed E-state index contributed by atoms with van der Waals surface area (Å²) in [5, 5.41) is 3.50. The zero-order valence-electron chi connectivity index (χ0n) is 21.2. The van der Waals surface area contributed by atoms with Gasteiger partial charge in [0.25, 0.3) is 0 Å². The van der Waals surface area contributed by atoms with Crippen LogP contribution in [0.4, 0.5) is 11.4 Å². The Morgan fingerprint density at radius 2 is 0.854 bits per heavy atom. The number of anilines is 2. The molecule has 2 aliphatic rings. The van der Waals surface area contributed by atoms with E-state index in [9.17, 15) is 9.59 Å². The molecule has 6 aromatic carbocycles. The molecule has 0 bridgehead atoms. The van der Waals surface area contributed by atoms with Gasteiger partial charge in [-0.05, 0) is 53.8 Å². The second kappa shape index (κ2) is 8.79. The average Bonchev–Trinajstić information content (AvgIpc) is 3.00. The number of hydrogen-bond donors (Lipinski definition) is 2. The van der Waals surface area contributed by atoms with Gasteiger partial charge in [0, 0.05) is 62.9 Å². The quantitative estimate of drug-likeness (QED) is 0.178.